The second-order valence-electron chi connectivity index (χ2n) is 7.21. The lowest BCUT2D eigenvalue weighted by Crippen LogP contribution is -2.58. The monoisotopic (exact) mass is 446 g/mol. The first kappa shape index (κ1) is 24.1. The largest absolute Gasteiger partial charge is 0.483 e. The lowest BCUT2D eigenvalue weighted by atomic mass is 10.1. The van der Waals surface area contributed by atoms with Gasteiger partial charge in [0, 0.05) is 19.3 Å². The SMILES string of the molecule is C[C@@H]1C(=O)N(CCc2ccccc2)CC(=O)N1Cc1ccc(S(C)(=O)=O)cc1.O=CO. The molecule has 1 N–H and O–H groups in total. The second kappa shape index (κ2) is 10.7. The van der Waals surface area contributed by atoms with E-state index < -0.39 is 15.9 Å². The van der Waals surface area contributed by atoms with Gasteiger partial charge in [-0.25, -0.2) is 8.42 Å². The zero-order valence-corrected chi connectivity index (χ0v) is 18.3. The van der Waals surface area contributed by atoms with Crippen molar-refractivity contribution in [3.05, 3.63) is 65.7 Å². The minimum atomic E-state index is -3.26. The van der Waals surface area contributed by atoms with E-state index in [0.29, 0.717) is 13.0 Å². The molecule has 1 heterocycles. The third-order valence-corrected chi connectivity index (χ3v) is 6.13. The van der Waals surface area contributed by atoms with Gasteiger partial charge in [-0.15, -0.1) is 0 Å². The summed E-state index contributed by atoms with van der Waals surface area (Å²) >= 11 is 0. The lowest BCUT2D eigenvalue weighted by molar-refractivity contribution is -0.155. The minimum Gasteiger partial charge on any atom is -0.483 e. The van der Waals surface area contributed by atoms with Crippen LogP contribution in [0.3, 0.4) is 0 Å². The molecule has 9 heteroatoms. The summed E-state index contributed by atoms with van der Waals surface area (Å²) in [5.41, 5.74) is 1.92. The number of amides is 2. The molecule has 0 unspecified atom stereocenters. The number of hydrogen-bond donors (Lipinski definition) is 1. The Hall–Kier alpha value is -3.20. The van der Waals surface area contributed by atoms with Gasteiger partial charge in [-0.3, -0.25) is 14.4 Å². The first-order chi connectivity index (χ1) is 14.7. The number of carbonyl (C=O) groups excluding carboxylic acids is 2. The fraction of sp³-hybridized carbons (Fsp3) is 0.318. The molecule has 166 valence electrons. The van der Waals surface area contributed by atoms with Crippen LogP contribution in [0.25, 0.3) is 0 Å². The van der Waals surface area contributed by atoms with Gasteiger partial charge >= 0.3 is 0 Å². The van der Waals surface area contributed by atoms with Crippen LogP contribution in [0.5, 0.6) is 0 Å². The zero-order chi connectivity index (χ0) is 23.0. The standard InChI is InChI=1S/C21H24N2O4S.CH2O2/c1-16-21(25)22(13-12-17-6-4-3-5-7-17)15-20(24)23(16)14-18-8-10-19(11-9-18)28(2,26)27;2-1-3/h3-11,16H,12-15H2,1-2H3;1H,(H,2,3)/t16-;/m1./s1. The summed E-state index contributed by atoms with van der Waals surface area (Å²) < 4.78 is 23.1. The predicted molar refractivity (Wildman–Crippen MR) is 115 cm³/mol. The third-order valence-electron chi connectivity index (χ3n) is 5.00. The summed E-state index contributed by atoms with van der Waals surface area (Å²) in [6, 6.07) is 15.7. The Morgan fingerprint density at radius 3 is 2.16 bits per heavy atom. The molecule has 1 fully saturated rings. The van der Waals surface area contributed by atoms with E-state index in [0.717, 1.165) is 17.4 Å². The Balaban J connectivity index is 0.00000107. The molecule has 0 aromatic heterocycles. The average Bonchev–Trinajstić information content (AvgIpc) is 2.74. The molecule has 0 spiro atoms. The molecule has 1 aliphatic rings. The van der Waals surface area contributed by atoms with E-state index in [1.807, 2.05) is 30.3 Å². The third kappa shape index (κ3) is 6.65. The van der Waals surface area contributed by atoms with Gasteiger partial charge < -0.3 is 14.9 Å². The van der Waals surface area contributed by atoms with Crippen molar-refractivity contribution in [2.45, 2.75) is 30.8 Å². The van der Waals surface area contributed by atoms with Crippen LogP contribution in [-0.2, 0) is 37.2 Å². The zero-order valence-electron chi connectivity index (χ0n) is 17.5. The molecule has 0 bridgehead atoms. The Morgan fingerprint density at radius 1 is 1.03 bits per heavy atom. The highest BCUT2D eigenvalue weighted by atomic mass is 32.2. The van der Waals surface area contributed by atoms with Gasteiger partial charge in [-0.1, -0.05) is 42.5 Å². The summed E-state index contributed by atoms with van der Waals surface area (Å²) in [5.74, 6) is -0.171. The van der Waals surface area contributed by atoms with Crippen molar-refractivity contribution in [1.82, 2.24) is 9.80 Å². The molecule has 2 amide bonds. The highest BCUT2D eigenvalue weighted by molar-refractivity contribution is 7.90. The van der Waals surface area contributed by atoms with Crippen LogP contribution >= 0.6 is 0 Å². The van der Waals surface area contributed by atoms with Gasteiger partial charge in [-0.2, -0.15) is 0 Å². The topological polar surface area (TPSA) is 112 Å². The molecule has 0 aliphatic carbocycles. The molecule has 1 aliphatic heterocycles. The van der Waals surface area contributed by atoms with Crippen molar-refractivity contribution >= 4 is 28.1 Å². The van der Waals surface area contributed by atoms with E-state index in [9.17, 15) is 18.0 Å². The second-order valence-corrected chi connectivity index (χ2v) is 9.23. The molecule has 2 aromatic rings. The summed E-state index contributed by atoms with van der Waals surface area (Å²) in [6.45, 7) is 2.34. The van der Waals surface area contributed by atoms with E-state index in [1.165, 1.54) is 12.1 Å². The van der Waals surface area contributed by atoms with Crippen molar-refractivity contribution < 1.29 is 27.9 Å². The molecule has 8 nitrogen and oxygen atoms in total. The number of piperazine rings is 1. The van der Waals surface area contributed by atoms with Crippen LogP contribution in [0.2, 0.25) is 0 Å². The first-order valence-electron chi connectivity index (χ1n) is 9.66. The summed E-state index contributed by atoms with van der Waals surface area (Å²) in [5, 5.41) is 6.89. The van der Waals surface area contributed by atoms with Crippen molar-refractivity contribution in [2.24, 2.45) is 0 Å². The molecule has 31 heavy (non-hydrogen) atoms. The maximum atomic E-state index is 12.7. The van der Waals surface area contributed by atoms with E-state index in [4.69, 9.17) is 9.90 Å². The van der Waals surface area contributed by atoms with Gasteiger partial charge in [0.05, 0.1) is 11.4 Å². The van der Waals surface area contributed by atoms with E-state index in [-0.39, 0.29) is 36.3 Å². The van der Waals surface area contributed by atoms with E-state index in [2.05, 4.69) is 0 Å². The van der Waals surface area contributed by atoms with Crippen LogP contribution in [0.4, 0.5) is 0 Å². The molecule has 0 radical (unpaired) electrons. The summed E-state index contributed by atoms with van der Waals surface area (Å²) in [6.07, 6.45) is 1.86. The quantitative estimate of drug-likeness (QED) is 0.675. The van der Waals surface area contributed by atoms with Crippen molar-refractivity contribution in [3.63, 3.8) is 0 Å². The van der Waals surface area contributed by atoms with Gasteiger partial charge in [0.15, 0.2) is 9.84 Å². The Labute approximate surface area is 182 Å². The van der Waals surface area contributed by atoms with Gasteiger partial charge in [0.1, 0.15) is 6.04 Å². The molecule has 0 saturated carbocycles. The maximum Gasteiger partial charge on any atom is 0.290 e. The van der Waals surface area contributed by atoms with Crippen molar-refractivity contribution in [1.29, 1.82) is 0 Å². The van der Waals surface area contributed by atoms with Crippen molar-refractivity contribution in [2.75, 3.05) is 19.3 Å². The molecule has 2 aromatic carbocycles. The molecule has 1 atom stereocenters. The molecule has 1 saturated heterocycles. The van der Waals surface area contributed by atoms with Crippen LogP contribution in [0.1, 0.15) is 18.1 Å². The number of sulfone groups is 1. The Kier molecular flexibility index (Phi) is 8.32. The van der Waals surface area contributed by atoms with E-state index in [1.54, 1.807) is 28.9 Å². The Bertz CT molecular complexity index is 1010. The lowest BCUT2D eigenvalue weighted by Gasteiger charge is -2.39. The van der Waals surface area contributed by atoms with Crippen LogP contribution in [0, 0.1) is 0 Å². The number of rotatable bonds is 6. The summed E-state index contributed by atoms with van der Waals surface area (Å²) in [4.78, 5) is 37.1. The fourth-order valence-corrected chi connectivity index (χ4v) is 3.94. The highest BCUT2D eigenvalue weighted by Gasteiger charge is 2.36. The Morgan fingerprint density at radius 2 is 1.61 bits per heavy atom. The first-order valence-corrected chi connectivity index (χ1v) is 11.6. The molecular weight excluding hydrogens is 420 g/mol. The number of carboxylic acid groups (broad SMARTS) is 1. The number of benzene rings is 2. The maximum absolute atomic E-state index is 12.7. The smallest absolute Gasteiger partial charge is 0.290 e. The van der Waals surface area contributed by atoms with Gasteiger partial charge in [0.25, 0.3) is 6.47 Å². The molecular formula is C22H26N2O6S. The van der Waals surface area contributed by atoms with Crippen LogP contribution in [0.15, 0.2) is 59.5 Å². The fourth-order valence-electron chi connectivity index (χ4n) is 3.31. The summed E-state index contributed by atoms with van der Waals surface area (Å²) in [7, 11) is -3.26. The van der Waals surface area contributed by atoms with Crippen LogP contribution in [-0.4, -0.2) is 67.0 Å². The molecule has 3 rings (SSSR count). The number of nitrogens with zero attached hydrogens (tertiary/aromatic N) is 2. The van der Waals surface area contributed by atoms with E-state index >= 15 is 0 Å². The average molecular weight is 447 g/mol. The predicted octanol–water partition coefficient (Wildman–Crippen LogP) is 1.59. The van der Waals surface area contributed by atoms with Crippen LogP contribution < -0.4 is 0 Å². The minimum absolute atomic E-state index is 0.0664. The van der Waals surface area contributed by atoms with Gasteiger partial charge in [-0.05, 0) is 36.6 Å². The number of hydrogen-bond acceptors (Lipinski definition) is 5. The number of carbonyl (C=O) groups is 3. The normalized spacial score (nSPS) is 16.5. The highest BCUT2D eigenvalue weighted by Crippen LogP contribution is 2.18. The van der Waals surface area contributed by atoms with Gasteiger partial charge in [0.2, 0.25) is 11.8 Å². The van der Waals surface area contributed by atoms with Crippen molar-refractivity contribution in [3.8, 4) is 0 Å².